The highest BCUT2D eigenvalue weighted by Crippen LogP contribution is 2.15. The van der Waals surface area contributed by atoms with Crippen LogP contribution in [0.25, 0.3) is 6.08 Å². The molecule has 2 aromatic rings. The van der Waals surface area contributed by atoms with Gasteiger partial charge in [0.25, 0.3) is 5.91 Å². The van der Waals surface area contributed by atoms with Crippen LogP contribution < -0.4 is 15.1 Å². The number of carbonyl (C=O) groups excluding carboxylic acids is 2. The molecule has 6 nitrogen and oxygen atoms in total. The van der Waals surface area contributed by atoms with Crippen molar-refractivity contribution in [2.75, 3.05) is 51.2 Å². The number of carbonyl (C=O) groups is 2. The molecule has 1 saturated heterocycles. The molecule has 6 heteroatoms. The quantitative estimate of drug-likeness (QED) is 0.550. The first-order valence-corrected chi connectivity index (χ1v) is 10.6. The number of esters is 1. The second-order valence-electron chi connectivity index (χ2n) is 7.51. The lowest BCUT2D eigenvalue weighted by molar-refractivity contribution is -1.01. The summed E-state index contributed by atoms with van der Waals surface area (Å²) in [5.41, 5.74) is 2.12. The van der Waals surface area contributed by atoms with E-state index in [-0.39, 0.29) is 5.91 Å². The third-order valence-corrected chi connectivity index (χ3v) is 5.29. The van der Waals surface area contributed by atoms with Crippen molar-refractivity contribution in [3.05, 3.63) is 71.8 Å². The molecule has 3 rings (SSSR count). The van der Waals surface area contributed by atoms with Gasteiger partial charge in [-0.15, -0.1) is 0 Å². The molecule has 0 aliphatic carbocycles. The van der Waals surface area contributed by atoms with Crippen molar-refractivity contribution >= 4 is 23.6 Å². The molecule has 1 amide bonds. The van der Waals surface area contributed by atoms with Crippen molar-refractivity contribution < 1.29 is 24.1 Å². The zero-order valence-electron chi connectivity index (χ0n) is 17.5. The minimum Gasteiger partial charge on any atom is -0.462 e. The fourth-order valence-electron chi connectivity index (χ4n) is 3.66. The van der Waals surface area contributed by atoms with E-state index in [0.29, 0.717) is 24.4 Å². The lowest BCUT2D eigenvalue weighted by Gasteiger charge is -2.28. The summed E-state index contributed by atoms with van der Waals surface area (Å²) in [6, 6.07) is 17.3. The van der Waals surface area contributed by atoms with Crippen molar-refractivity contribution in [1.82, 2.24) is 0 Å². The van der Waals surface area contributed by atoms with Crippen molar-refractivity contribution in [2.45, 2.75) is 6.92 Å². The Morgan fingerprint density at radius 3 is 2.37 bits per heavy atom. The predicted molar refractivity (Wildman–Crippen MR) is 118 cm³/mol. The summed E-state index contributed by atoms with van der Waals surface area (Å²) in [5, 5.41) is 2.88. The number of amides is 1. The standard InChI is InChI=1S/C24H29N3O3/c1-2-30-24(29)21-12-6-7-13-22(21)25-23(28)19-27-17-15-26(16-18-27)14-8-11-20-9-4-3-5-10-20/h3-13H,2,14-19H2,1H3,(H,25,28)/p+2/b11-8+. The Bertz CT molecular complexity index is 859. The van der Waals surface area contributed by atoms with Gasteiger partial charge in [0.05, 0.1) is 24.4 Å². The normalized spacial score (nSPS) is 18.8. The van der Waals surface area contributed by atoms with E-state index in [4.69, 9.17) is 4.74 Å². The molecular formula is C24H31N3O3+2. The monoisotopic (exact) mass is 409 g/mol. The fourth-order valence-corrected chi connectivity index (χ4v) is 3.66. The van der Waals surface area contributed by atoms with Gasteiger partial charge >= 0.3 is 5.97 Å². The molecule has 1 fully saturated rings. The first-order valence-electron chi connectivity index (χ1n) is 10.6. The molecule has 0 unspecified atom stereocenters. The largest absolute Gasteiger partial charge is 0.462 e. The number of para-hydroxylation sites is 1. The second-order valence-corrected chi connectivity index (χ2v) is 7.51. The third-order valence-electron chi connectivity index (χ3n) is 5.29. The van der Waals surface area contributed by atoms with Crippen LogP contribution in [0.4, 0.5) is 5.69 Å². The number of benzene rings is 2. The van der Waals surface area contributed by atoms with Gasteiger partial charge in [0.15, 0.2) is 6.54 Å². The Balaban J connectivity index is 1.43. The first-order chi connectivity index (χ1) is 14.7. The van der Waals surface area contributed by atoms with E-state index in [1.54, 1.807) is 36.1 Å². The van der Waals surface area contributed by atoms with Crippen LogP contribution in [0.15, 0.2) is 60.7 Å². The fraction of sp³-hybridized carbons (Fsp3) is 0.333. The molecule has 0 spiro atoms. The molecule has 1 aliphatic heterocycles. The molecule has 0 aromatic heterocycles. The van der Waals surface area contributed by atoms with Gasteiger partial charge in [-0.25, -0.2) is 4.79 Å². The SMILES string of the molecule is CCOC(=O)c1ccccc1NC(=O)C[NH+]1CC[NH+](C/C=C/c2ccccc2)CC1. The number of rotatable bonds is 8. The zero-order valence-corrected chi connectivity index (χ0v) is 17.5. The minimum atomic E-state index is -0.415. The number of hydrogen-bond acceptors (Lipinski definition) is 3. The molecule has 30 heavy (non-hydrogen) atoms. The highest BCUT2D eigenvalue weighted by Gasteiger charge is 2.24. The Morgan fingerprint density at radius 1 is 0.967 bits per heavy atom. The number of anilines is 1. The van der Waals surface area contributed by atoms with E-state index >= 15 is 0 Å². The smallest absolute Gasteiger partial charge is 0.340 e. The average Bonchev–Trinajstić information content (AvgIpc) is 2.76. The number of ether oxygens (including phenoxy) is 1. The van der Waals surface area contributed by atoms with Gasteiger partial charge in [0, 0.05) is 0 Å². The predicted octanol–water partition coefficient (Wildman–Crippen LogP) is 0.299. The van der Waals surface area contributed by atoms with Gasteiger partial charge in [-0.1, -0.05) is 48.5 Å². The molecule has 3 N–H and O–H groups in total. The highest BCUT2D eigenvalue weighted by atomic mass is 16.5. The van der Waals surface area contributed by atoms with Crippen molar-refractivity contribution in [1.29, 1.82) is 0 Å². The molecule has 0 saturated carbocycles. The summed E-state index contributed by atoms with van der Waals surface area (Å²) >= 11 is 0. The van der Waals surface area contributed by atoms with Crippen LogP contribution in [-0.2, 0) is 9.53 Å². The molecular weight excluding hydrogens is 378 g/mol. The summed E-state index contributed by atoms with van der Waals surface area (Å²) in [6.07, 6.45) is 4.40. The van der Waals surface area contributed by atoms with E-state index in [1.807, 2.05) is 18.2 Å². The number of hydrogen-bond donors (Lipinski definition) is 3. The maximum Gasteiger partial charge on any atom is 0.340 e. The van der Waals surface area contributed by atoms with E-state index < -0.39 is 5.97 Å². The van der Waals surface area contributed by atoms with Crippen LogP contribution in [0.5, 0.6) is 0 Å². The highest BCUT2D eigenvalue weighted by molar-refractivity contribution is 6.01. The van der Waals surface area contributed by atoms with Crippen LogP contribution in [0.1, 0.15) is 22.8 Å². The summed E-state index contributed by atoms with van der Waals surface area (Å²) in [4.78, 5) is 27.4. The maximum absolute atomic E-state index is 12.5. The minimum absolute atomic E-state index is 0.0748. The Labute approximate surface area is 178 Å². The molecule has 1 aliphatic rings. The third kappa shape index (κ3) is 6.54. The topological polar surface area (TPSA) is 64.3 Å². The van der Waals surface area contributed by atoms with Gasteiger partial charge in [0.2, 0.25) is 0 Å². The Kier molecular flexibility index (Phi) is 8.18. The maximum atomic E-state index is 12.5. The molecule has 158 valence electrons. The van der Waals surface area contributed by atoms with Gasteiger partial charge in [-0.05, 0) is 30.7 Å². The van der Waals surface area contributed by atoms with E-state index in [2.05, 4.69) is 29.6 Å². The van der Waals surface area contributed by atoms with Crippen LogP contribution in [0.3, 0.4) is 0 Å². The summed E-state index contributed by atoms with van der Waals surface area (Å²) in [6.45, 7) is 7.48. The van der Waals surface area contributed by atoms with Gasteiger partial charge in [-0.3, -0.25) is 4.79 Å². The lowest BCUT2D eigenvalue weighted by Crippen LogP contribution is -3.28. The van der Waals surface area contributed by atoms with E-state index in [0.717, 1.165) is 32.7 Å². The summed E-state index contributed by atoms with van der Waals surface area (Å²) in [7, 11) is 0. The van der Waals surface area contributed by atoms with Crippen LogP contribution in [0, 0.1) is 0 Å². The van der Waals surface area contributed by atoms with E-state index in [9.17, 15) is 9.59 Å². The molecule has 1 heterocycles. The first kappa shape index (κ1) is 21.7. The van der Waals surface area contributed by atoms with Crippen molar-refractivity contribution in [3.63, 3.8) is 0 Å². The van der Waals surface area contributed by atoms with Crippen LogP contribution in [0.2, 0.25) is 0 Å². The second kappa shape index (κ2) is 11.3. The Morgan fingerprint density at radius 2 is 1.63 bits per heavy atom. The van der Waals surface area contributed by atoms with Gasteiger partial charge in [0.1, 0.15) is 26.2 Å². The van der Waals surface area contributed by atoms with Gasteiger partial charge < -0.3 is 19.9 Å². The van der Waals surface area contributed by atoms with E-state index in [1.165, 1.54) is 10.5 Å². The molecule has 0 atom stereocenters. The molecule has 0 radical (unpaired) electrons. The van der Waals surface area contributed by atoms with Crippen molar-refractivity contribution in [3.8, 4) is 0 Å². The molecule has 0 bridgehead atoms. The number of nitrogens with one attached hydrogen (secondary N) is 3. The number of piperazine rings is 1. The summed E-state index contributed by atoms with van der Waals surface area (Å²) in [5.74, 6) is -0.490. The summed E-state index contributed by atoms with van der Waals surface area (Å²) < 4.78 is 5.07. The lowest BCUT2D eigenvalue weighted by atomic mass is 10.1. The van der Waals surface area contributed by atoms with Crippen molar-refractivity contribution in [2.24, 2.45) is 0 Å². The number of quaternary nitrogens is 2. The zero-order chi connectivity index (χ0) is 21.2. The Hall–Kier alpha value is -2.96. The van der Waals surface area contributed by atoms with Gasteiger partial charge in [-0.2, -0.15) is 0 Å². The van der Waals surface area contributed by atoms with Crippen LogP contribution >= 0.6 is 0 Å². The average molecular weight is 410 g/mol. The molecule has 2 aromatic carbocycles. The van der Waals surface area contributed by atoms with Crippen LogP contribution in [-0.4, -0.2) is 57.8 Å².